The fourth-order valence-electron chi connectivity index (χ4n) is 2.49. The molecule has 2 fully saturated rings. The highest BCUT2D eigenvalue weighted by atomic mass is 16.6. The lowest BCUT2D eigenvalue weighted by Crippen LogP contribution is -2.55. The molecule has 1 saturated carbocycles. The summed E-state index contributed by atoms with van der Waals surface area (Å²) < 4.78 is 6.84. The number of esters is 1. The molecule has 1 saturated heterocycles. The van der Waals surface area contributed by atoms with Crippen molar-refractivity contribution < 1.29 is 9.53 Å². The van der Waals surface area contributed by atoms with E-state index in [2.05, 4.69) is 10.3 Å². The van der Waals surface area contributed by atoms with Crippen LogP contribution in [0.4, 0.5) is 0 Å². The molecule has 0 aromatic carbocycles. The van der Waals surface area contributed by atoms with E-state index >= 15 is 0 Å². The molecule has 14 heavy (non-hydrogen) atoms. The number of hydrogen-bond acceptors (Lipinski definition) is 4. The second-order valence-corrected chi connectivity index (χ2v) is 4.04. The molecule has 3 rings (SSSR count). The molecule has 1 aromatic rings. The second-order valence-electron chi connectivity index (χ2n) is 4.04. The maximum absolute atomic E-state index is 11.5. The van der Waals surface area contributed by atoms with Crippen LogP contribution in [0.25, 0.3) is 0 Å². The van der Waals surface area contributed by atoms with Crippen LogP contribution in [0.15, 0.2) is 12.4 Å². The summed E-state index contributed by atoms with van der Waals surface area (Å²) in [5.41, 5.74) is -0.284. The number of ether oxygens (including phenoxy) is 1. The van der Waals surface area contributed by atoms with Gasteiger partial charge in [-0.15, -0.1) is 5.10 Å². The van der Waals surface area contributed by atoms with Gasteiger partial charge in [-0.2, -0.15) is 0 Å². The molecule has 2 heterocycles. The summed E-state index contributed by atoms with van der Waals surface area (Å²) in [4.78, 5) is 11.5. The average molecular weight is 193 g/mol. The van der Waals surface area contributed by atoms with Gasteiger partial charge in [0.15, 0.2) is 0 Å². The van der Waals surface area contributed by atoms with Crippen molar-refractivity contribution in [2.75, 3.05) is 0 Å². The van der Waals surface area contributed by atoms with Gasteiger partial charge < -0.3 is 4.74 Å². The minimum Gasteiger partial charge on any atom is -0.461 e. The van der Waals surface area contributed by atoms with Crippen LogP contribution in [0.1, 0.15) is 19.3 Å². The van der Waals surface area contributed by atoms with E-state index in [1.807, 2.05) is 0 Å². The molecule has 0 radical (unpaired) electrons. The highest BCUT2D eigenvalue weighted by Crippen LogP contribution is 2.49. The predicted octanol–water partition coefficient (Wildman–Crippen LogP) is 0.374. The first kappa shape index (κ1) is 7.96. The largest absolute Gasteiger partial charge is 0.461 e. The van der Waals surface area contributed by atoms with Crippen molar-refractivity contribution in [3.8, 4) is 0 Å². The Kier molecular flexibility index (Phi) is 1.45. The fourth-order valence-corrected chi connectivity index (χ4v) is 2.49. The van der Waals surface area contributed by atoms with E-state index in [-0.39, 0.29) is 17.5 Å². The van der Waals surface area contributed by atoms with E-state index < -0.39 is 0 Å². The van der Waals surface area contributed by atoms with Crippen LogP contribution >= 0.6 is 0 Å². The van der Waals surface area contributed by atoms with Crippen molar-refractivity contribution in [1.29, 1.82) is 0 Å². The number of nitrogens with zero attached hydrogens (tertiary/aromatic N) is 3. The topological polar surface area (TPSA) is 57.0 Å². The van der Waals surface area contributed by atoms with Gasteiger partial charge in [0, 0.05) is 6.20 Å². The minimum absolute atomic E-state index is 0.0597. The highest BCUT2D eigenvalue weighted by Gasteiger charge is 2.60. The molecule has 1 aliphatic heterocycles. The molecule has 1 aliphatic carbocycles. The maximum atomic E-state index is 11.5. The number of hydrogen-bond donors (Lipinski definition) is 0. The summed E-state index contributed by atoms with van der Waals surface area (Å²) >= 11 is 0. The van der Waals surface area contributed by atoms with Crippen LogP contribution in [0.2, 0.25) is 0 Å². The van der Waals surface area contributed by atoms with E-state index in [1.54, 1.807) is 17.1 Å². The zero-order chi connectivity index (χ0) is 9.60. The van der Waals surface area contributed by atoms with Crippen LogP contribution in [0, 0.1) is 5.41 Å². The van der Waals surface area contributed by atoms with E-state index in [0.29, 0.717) is 6.54 Å². The van der Waals surface area contributed by atoms with E-state index in [0.717, 1.165) is 19.3 Å². The van der Waals surface area contributed by atoms with Gasteiger partial charge in [-0.25, -0.2) is 0 Å². The summed E-state index contributed by atoms with van der Waals surface area (Å²) in [5, 5.41) is 7.62. The van der Waals surface area contributed by atoms with Gasteiger partial charge in [0.25, 0.3) is 0 Å². The summed E-state index contributed by atoms with van der Waals surface area (Å²) in [5.74, 6) is -0.0597. The lowest BCUT2D eigenvalue weighted by Gasteiger charge is -2.41. The lowest BCUT2D eigenvalue weighted by molar-refractivity contribution is -0.203. The lowest BCUT2D eigenvalue weighted by atomic mass is 9.79. The van der Waals surface area contributed by atoms with Gasteiger partial charge in [-0.1, -0.05) is 5.21 Å². The third kappa shape index (κ3) is 0.867. The number of carbonyl (C=O) groups excluding carboxylic acids is 1. The minimum atomic E-state index is -0.284. The molecule has 0 spiro atoms. The van der Waals surface area contributed by atoms with Crippen LogP contribution < -0.4 is 0 Å². The third-order valence-corrected chi connectivity index (χ3v) is 3.28. The van der Waals surface area contributed by atoms with Crippen LogP contribution in [0.5, 0.6) is 0 Å². The smallest absolute Gasteiger partial charge is 0.318 e. The quantitative estimate of drug-likeness (QED) is 0.637. The Bertz CT molecular complexity index is 362. The number of fused-ring (bicyclic) bond motifs is 1. The van der Waals surface area contributed by atoms with Gasteiger partial charge in [-0.05, 0) is 19.3 Å². The molecule has 2 aliphatic rings. The Morgan fingerprint density at radius 1 is 1.71 bits per heavy atom. The monoisotopic (exact) mass is 193 g/mol. The Balaban J connectivity index is 1.86. The second kappa shape index (κ2) is 2.56. The average Bonchev–Trinajstić information content (AvgIpc) is 2.76. The van der Waals surface area contributed by atoms with Gasteiger partial charge in [0.05, 0.1) is 12.7 Å². The van der Waals surface area contributed by atoms with Gasteiger partial charge in [0.1, 0.15) is 11.5 Å². The van der Waals surface area contributed by atoms with Crippen LogP contribution in [-0.2, 0) is 16.1 Å². The van der Waals surface area contributed by atoms with Crippen molar-refractivity contribution in [1.82, 2.24) is 15.0 Å². The van der Waals surface area contributed by atoms with Crippen molar-refractivity contribution in [3.63, 3.8) is 0 Å². The Hall–Kier alpha value is -1.39. The van der Waals surface area contributed by atoms with Crippen molar-refractivity contribution >= 4 is 5.97 Å². The zero-order valence-electron chi connectivity index (χ0n) is 7.72. The maximum Gasteiger partial charge on any atom is 0.318 e. The number of aromatic nitrogens is 3. The predicted molar refractivity (Wildman–Crippen MR) is 46.2 cm³/mol. The van der Waals surface area contributed by atoms with Gasteiger partial charge >= 0.3 is 5.97 Å². The zero-order valence-corrected chi connectivity index (χ0v) is 7.72. The standard InChI is InChI=1S/C9H11N3O2/c13-8-9(3-1-2-7(9)14-8)6-12-5-4-10-11-12/h4-5,7H,1-3,6H2. The fraction of sp³-hybridized carbons (Fsp3) is 0.667. The van der Waals surface area contributed by atoms with Crippen LogP contribution in [-0.4, -0.2) is 27.1 Å². The first-order valence-electron chi connectivity index (χ1n) is 4.86. The molecule has 2 atom stereocenters. The molecule has 5 heteroatoms. The molecular weight excluding hydrogens is 182 g/mol. The first-order valence-corrected chi connectivity index (χ1v) is 4.86. The first-order chi connectivity index (χ1) is 6.81. The Labute approximate surface area is 81.0 Å². The highest BCUT2D eigenvalue weighted by molar-refractivity contribution is 5.83. The molecule has 2 unspecified atom stereocenters. The molecular formula is C9H11N3O2. The molecule has 0 N–H and O–H groups in total. The summed E-state index contributed by atoms with van der Waals surface area (Å²) in [6, 6.07) is 0. The molecule has 74 valence electrons. The number of carbonyl (C=O) groups is 1. The summed E-state index contributed by atoms with van der Waals surface area (Å²) in [6.07, 6.45) is 6.54. The van der Waals surface area contributed by atoms with Crippen molar-refractivity contribution in [2.24, 2.45) is 5.41 Å². The molecule has 1 aromatic heterocycles. The Morgan fingerprint density at radius 3 is 3.29 bits per heavy atom. The van der Waals surface area contributed by atoms with Gasteiger partial charge in [-0.3, -0.25) is 9.48 Å². The molecule has 5 nitrogen and oxygen atoms in total. The SMILES string of the molecule is O=C1OC2CCCC12Cn1ccnn1. The number of rotatable bonds is 2. The Morgan fingerprint density at radius 2 is 2.64 bits per heavy atom. The van der Waals surface area contributed by atoms with Crippen molar-refractivity contribution in [3.05, 3.63) is 12.4 Å². The summed E-state index contributed by atoms with van der Waals surface area (Å²) in [6.45, 7) is 0.622. The van der Waals surface area contributed by atoms with Crippen molar-refractivity contribution in [2.45, 2.75) is 31.9 Å². The normalized spacial score (nSPS) is 34.9. The van der Waals surface area contributed by atoms with Crippen LogP contribution in [0.3, 0.4) is 0 Å². The van der Waals surface area contributed by atoms with E-state index in [4.69, 9.17) is 4.74 Å². The summed E-state index contributed by atoms with van der Waals surface area (Å²) in [7, 11) is 0. The molecule has 0 bridgehead atoms. The third-order valence-electron chi connectivity index (χ3n) is 3.28. The van der Waals surface area contributed by atoms with E-state index in [9.17, 15) is 4.79 Å². The van der Waals surface area contributed by atoms with E-state index in [1.165, 1.54) is 0 Å². The molecule has 0 amide bonds. The van der Waals surface area contributed by atoms with Gasteiger partial charge in [0.2, 0.25) is 0 Å².